The molecule has 1 aliphatic rings. The summed E-state index contributed by atoms with van der Waals surface area (Å²) in [5.74, 6) is 1.69. The van der Waals surface area contributed by atoms with Crippen LogP contribution >= 0.6 is 0 Å². The molecular weight excluding hydrogens is 234 g/mol. The number of rotatable bonds is 3. The zero-order valence-corrected chi connectivity index (χ0v) is 11.5. The molecule has 1 fully saturated rings. The van der Waals surface area contributed by atoms with E-state index in [1.807, 2.05) is 13.1 Å². The number of benzene rings is 1. The first-order valence-corrected chi connectivity index (χ1v) is 7.09. The van der Waals surface area contributed by atoms with Gasteiger partial charge in [0.05, 0.1) is 0 Å². The number of hydrogen-bond donors (Lipinski definition) is 1. The smallest absolute Gasteiger partial charge is 0.103 e. The number of H-pyrrole nitrogens is 1. The van der Waals surface area contributed by atoms with Crippen LogP contribution in [0, 0.1) is 6.92 Å². The van der Waals surface area contributed by atoms with Gasteiger partial charge in [-0.25, -0.2) is 4.98 Å². The van der Waals surface area contributed by atoms with Crippen molar-refractivity contribution in [1.29, 1.82) is 0 Å². The highest BCUT2D eigenvalue weighted by atomic mass is 15.1. The SMILES string of the molecule is Cc1ncc(CN2CCC[C@@H](c3ccccc3)C2)[nH]1. The molecule has 19 heavy (non-hydrogen) atoms. The molecule has 0 bridgehead atoms. The van der Waals surface area contributed by atoms with Crippen molar-refractivity contribution in [2.45, 2.75) is 32.2 Å². The van der Waals surface area contributed by atoms with Crippen LogP contribution in [-0.2, 0) is 6.54 Å². The van der Waals surface area contributed by atoms with Gasteiger partial charge in [-0.2, -0.15) is 0 Å². The summed E-state index contributed by atoms with van der Waals surface area (Å²) in [6.45, 7) is 5.35. The van der Waals surface area contributed by atoms with E-state index in [0.717, 1.165) is 18.9 Å². The lowest BCUT2D eigenvalue weighted by Gasteiger charge is -2.32. The van der Waals surface area contributed by atoms with Gasteiger partial charge in [0.1, 0.15) is 5.82 Å². The minimum Gasteiger partial charge on any atom is -0.345 e. The van der Waals surface area contributed by atoms with Crippen molar-refractivity contribution >= 4 is 0 Å². The molecule has 0 spiro atoms. The third-order valence-corrected chi connectivity index (χ3v) is 3.93. The van der Waals surface area contributed by atoms with Crippen molar-refractivity contribution in [1.82, 2.24) is 14.9 Å². The molecule has 2 heterocycles. The Morgan fingerprint density at radius 2 is 2.16 bits per heavy atom. The molecule has 0 radical (unpaired) electrons. The number of likely N-dealkylation sites (tertiary alicyclic amines) is 1. The minimum atomic E-state index is 0.680. The van der Waals surface area contributed by atoms with Gasteiger partial charge in [-0.05, 0) is 37.8 Å². The summed E-state index contributed by atoms with van der Waals surface area (Å²) in [6.07, 6.45) is 4.55. The minimum absolute atomic E-state index is 0.680. The molecule has 100 valence electrons. The van der Waals surface area contributed by atoms with Gasteiger partial charge >= 0.3 is 0 Å². The fourth-order valence-corrected chi connectivity index (χ4v) is 2.99. The number of imidazole rings is 1. The monoisotopic (exact) mass is 255 g/mol. The Kier molecular flexibility index (Phi) is 3.65. The lowest BCUT2D eigenvalue weighted by atomic mass is 9.90. The lowest BCUT2D eigenvalue weighted by molar-refractivity contribution is 0.198. The second-order valence-corrected chi connectivity index (χ2v) is 5.48. The van der Waals surface area contributed by atoms with Crippen molar-refractivity contribution in [3.05, 3.63) is 53.6 Å². The summed E-state index contributed by atoms with van der Waals surface area (Å²) >= 11 is 0. The quantitative estimate of drug-likeness (QED) is 0.914. The van der Waals surface area contributed by atoms with E-state index < -0.39 is 0 Å². The summed E-state index contributed by atoms with van der Waals surface area (Å²) in [5, 5.41) is 0. The van der Waals surface area contributed by atoms with Crippen LogP contribution in [-0.4, -0.2) is 28.0 Å². The molecule has 1 saturated heterocycles. The number of aryl methyl sites for hydroxylation is 1. The van der Waals surface area contributed by atoms with Crippen LogP contribution in [0.2, 0.25) is 0 Å². The first kappa shape index (κ1) is 12.4. The van der Waals surface area contributed by atoms with Gasteiger partial charge in [0, 0.05) is 25.0 Å². The number of nitrogens with one attached hydrogen (secondary N) is 1. The zero-order valence-electron chi connectivity index (χ0n) is 11.5. The van der Waals surface area contributed by atoms with E-state index in [2.05, 4.69) is 45.2 Å². The average Bonchev–Trinajstić information content (AvgIpc) is 2.85. The van der Waals surface area contributed by atoms with Crippen LogP contribution < -0.4 is 0 Å². The Morgan fingerprint density at radius 3 is 2.89 bits per heavy atom. The van der Waals surface area contributed by atoms with Crippen LogP contribution in [0.15, 0.2) is 36.5 Å². The third kappa shape index (κ3) is 3.04. The summed E-state index contributed by atoms with van der Waals surface area (Å²) in [7, 11) is 0. The lowest BCUT2D eigenvalue weighted by Crippen LogP contribution is -2.33. The molecule has 3 rings (SSSR count). The molecule has 3 heteroatoms. The first-order valence-electron chi connectivity index (χ1n) is 7.09. The van der Waals surface area contributed by atoms with Gasteiger partial charge in [0.25, 0.3) is 0 Å². The van der Waals surface area contributed by atoms with E-state index in [9.17, 15) is 0 Å². The highest BCUT2D eigenvalue weighted by molar-refractivity contribution is 5.20. The number of nitrogens with zero attached hydrogens (tertiary/aromatic N) is 2. The van der Waals surface area contributed by atoms with E-state index in [-0.39, 0.29) is 0 Å². The molecule has 2 aromatic rings. The normalized spacial score (nSPS) is 20.6. The topological polar surface area (TPSA) is 31.9 Å². The Bertz CT molecular complexity index is 518. The summed E-state index contributed by atoms with van der Waals surface area (Å²) in [4.78, 5) is 10.1. The van der Waals surface area contributed by atoms with Crippen LogP contribution in [0.25, 0.3) is 0 Å². The molecular formula is C16H21N3. The second-order valence-electron chi connectivity index (χ2n) is 5.48. The van der Waals surface area contributed by atoms with Gasteiger partial charge in [0.2, 0.25) is 0 Å². The Morgan fingerprint density at radius 1 is 1.32 bits per heavy atom. The number of aromatic nitrogens is 2. The van der Waals surface area contributed by atoms with E-state index in [1.54, 1.807) is 0 Å². The van der Waals surface area contributed by atoms with Crippen molar-refractivity contribution in [3.63, 3.8) is 0 Å². The maximum absolute atomic E-state index is 4.28. The molecule has 1 aromatic carbocycles. The molecule has 1 N–H and O–H groups in total. The summed E-state index contributed by atoms with van der Waals surface area (Å²) < 4.78 is 0. The molecule has 0 aliphatic carbocycles. The number of hydrogen-bond acceptors (Lipinski definition) is 2. The summed E-state index contributed by atoms with van der Waals surface area (Å²) in [6, 6.07) is 10.9. The molecule has 1 aliphatic heterocycles. The molecule has 0 unspecified atom stereocenters. The van der Waals surface area contributed by atoms with Crippen LogP contribution in [0.4, 0.5) is 0 Å². The standard InChI is InChI=1S/C16H21N3/c1-13-17-10-16(18-13)12-19-9-5-8-15(11-19)14-6-3-2-4-7-14/h2-4,6-7,10,15H,5,8-9,11-12H2,1H3,(H,17,18)/t15-/m1/s1. The van der Waals surface area contributed by atoms with E-state index in [0.29, 0.717) is 5.92 Å². The third-order valence-electron chi connectivity index (χ3n) is 3.93. The largest absolute Gasteiger partial charge is 0.345 e. The van der Waals surface area contributed by atoms with Crippen LogP contribution in [0.1, 0.15) is 35.8 Å². The van der Waals surface area contributed by atoms with Crippen LogP contribution in [0.5, 0.6) is 0 Å². The predicted octanol–water partition coefficient (Wildman–Crippen LogP) is 3.10. The van der Waals surface area contributed by atoms with E-state index in [1.165, 1.54) is 30.6 Å². The molecule has 0 amide bonds. The van der Waals surface area contributed by atoms with Gasteiger partial charge < -0.3 is 4.98 Å². The highest BCUT2D eigenvalue weighted by Gasteiger charge is 2.21. The number of aromatic amines is 1. The Hall–Kier alpha value is -1.61. The zero-order chi connectivity index (χ0) is 13.1. The molecule has 0 saturated carbocycles. The fraction of sp³-hybridized carbons (Fsp3) is 0.438. The van der Waals surface area contributed by atoms with Crippen molar-refractivity contribution in [2.24, 2.45) is 0 Å². The molecule has 1 atom stereocenters. The van der Waals surface area contributed by atoms with Gasteiger partial charge in [-0.15, -0.1) is 0 Å². The fourth-order valence-electron chi connectivity index (χ4n) is 2.99. The average molecular weight is 255 g/mol. The summed E-state index contributed by atoms with van der Waals surface area (Å²) in [5.41, 5.74) is 2.71. The van der Waals surface area contributed by atoms with Gasteiger partial charge in [0.15, 0.2) is 0 Å². The van der Waals surface area contributed by atoms with Gasteiger partial charge in [-0.3, -0.25) is 4.90 Å². The first-order chi connectivity index (χ1) is 9.31. The van der Waals surface area contributed by atoms with Crippen LogP contribution in [0.3, 0.4) is 0 Å². The van der Waals surface area contributed by atoms with Crippen molar-refractivity contribution in [2.75, 3.05) is 13.1 Å². The molecule has 1 aromatic heterocycles. The van der Waals surface area contributed by atoms with Crippen molar-refractivity contribution in [3.8, 4) is 0 Å². The highest BCUT2D eigenvalue weighted by Crippen LogP contribution is 2.27. The van der Waals surface area contributed by atoms with E-state index >= 15 is 0 Å². The molecule has 3 nitrogen and oxygen atoms in total. The maximum atomic E-state index is 4.28. The predicted molar refractivity (Wildman–Crippen MR) is 77.0 cm³/mol. The number of piperidine rings is 1. The maximum Gasteiger partial charge on any atom is 0.103 e. The van der Waals surface area contributed by atoms with E-state index in [4.69, 9.17) is 0 Å². The Labute approximate surface area is 114 Å². The second kappa shape index (κ2) is 5.57. The van der Waals surface area contributed by atoms with Crippen molar-refractivity contribution < 1.29 is 0 Å². The Balaban J connectivity index is 1.65. The van der Waals surface area contributed by atoms with Gasteiger partial charge in [-0.1, -0.05) is 30.3 Å².